The smallest absolute Gasteiger partial charge is 0.0447 e. The minimum Gasteiger partial charge on any atom is -0.329 e. The Kier molecular flexibility index (Phi) is 6.61. The van der Waals surface area contributed by atoms with Gasteiger partial charge in [0.25, 0.3) is 0 Å². The van der Waals surface area contributed by atoms with Gasteiger partial charge in [-0.3, -0.25) is 0 Å². The third kappa shape index (κ3) is 2.79. The molecule has 0 bridgehead atoms. The van der Waals surface area contributed by atoms with Crippen LogP contribution in [0.25, 0.3) is 0 Å². The molecule has 1 atom stereocenters. The van der Waals surface area contributed by atoms with E-state index in [0.717, 1.165) is 13.0 Å². The number of fused-ring (bicyclic) bond motifs is 1. The predicted octanol–water partition coefficient (Wildman–Crippen LogP) is 1.99. The zero-order chi connectivity index (χ0) is 8.39. The molecule has 1 aliphatic rings. The van der Waals surface area contributed by atoms with Gasteiger partial charge < -0.3 is 11.1 Å². The summed E-state index contributed by atoms with van der Waals surface area (Å²) < 4.78 is 0. The fourth-order valence-corrected chi connectivity index (χ4v) is 1.80. The highest BCUT2D eigenvalue weighted by Crippen LogP contribution is 2.20. The first-order chi connectivity index (χ1) is 5.92. The largest absolute Gasteiger partial charge is 0.329 e. The van der Waals surface area contributed by atoms with E-state index < -0.39 is 0 Å². The van der Waals surface area contributed by atoms with Crippen LogP contribution in [0.5, 0.6) is 0 Å². The van der Waals surface area contributed by atoms with E-state index >= 15 is 0 Å². The zero-order valence-electron chi connectivity index (χ0n) is 7.90. The van der Waals surface area contributed by atoms with Crippen molar-refractivity contribution in [1.82, 2.24) is 5.32 Å². The lowest BCUT2D eigenvalue weighted by atomic mass is 9.95. The summed E-state index contributed by atoms with van der Waals surface area (Å²) in [5.41, 5.74) is 8.49. The molecule has 1 heterocycles. The van der Waals surface area contributed by atoms with E-state index in [1.54, 1.807) is 0 Å². The van der Waals surface area contributed by atoms with Gasteiger partial charge in [0, 0.05) is 12.6 Å². The molecule has 80 valence electrons. The van der Waals surface area contributed by atoms with Crippen molar-refractivity contribution in [1.29, 1.82) is 0 Å². The fraction of sp³-hybridized carbons (Fsp3) is 0.400. The second-order valence-electron chi connectivity index (χ2n) is 3.19. The summed E-state index contributed by atoms with van der Waals surface area (Å²) >= 11 is 0. The molecular weight excluding hydrogens is 308 g/mol. The normalized spacial score (nSPS) is 18.8. The minimum atomic E-state index is 0. The molecular formula is C10H16Br2N2. The number of nitrogens with two attached hydrogens (primary N) is 1. The average molecular weight is 324 g/mol. The number of hydrogen-bond donors (Lipinski definition) is 2. The second kappa shape index (κ2) is 6.56. The summed E-state index contributed by atoms with van der Waals surface area (Å²) in [4.78, 5) is 0. The number of hydrogen-bond acceptors (Lipinski definition) is 2. The molecule has 3 N–H and O–H groups in total. The van der Waals surface area contributed by atoms with Crippen molar-refractivity contribution < 1.29 is 0 Å². The maximum Gasteiger partial charge on any atom is 0.0447 e. The molecule has 0 aromatic heterocycles. The first-order valence-electron chi connectivity index (χ1n) is 4.43. The van der Waals surface area contributed by atoms with Gasteiger partial charge in [0.1, 0.15) is 0 Å². The maximum atomic E-state index is 5.66. The summed E-state index contributed by atoms with van der Waals surface area (Å²) in [5, 5.41) is 3.40. The third-order valence-electron chi connectivity index (χ3n) is 2.45. The Morgan fingerprint density at radius 1 is 1.29 bits per heavy atom. The van der Waals surface area contributed by atoms with Crippen LogP contribution in [0.3, 0.4) is 0 Å². The fourth-order valence-electron chi connectivity index (χ4n) is 1.80. The van der Waals surface area contributed by atoms with Gasteiger partial charge >= 0.3 is 0 Å². The van der Waals surface area contributed by atoms with Crippen molar-refractivity contribution in [2.24, 2.45) is 5.73 Å². The molecule has 1 aromatic carbocycles. The molecule has 2 nitrogen and oxygen atoms in total. The van der Waals surface area contributed by atoms with Gasteiger partial charge in [-0.05, 0) is 24.1 Å². The van der Waals surface area contributed by atoms with Crippen LogP contribution in [0, 0.1) is 0 Å². The second-order valence-corrected chi connectivity index (χ2v) is 3.19. The molecule has 14 heavy (non-hydrogen) atoms. The monoisotopic (exact) mass is 322 g/mol. The Hall–Kier alpha value is 0.1000. The van der Waals surface area contributed by atoms with E-state index in [1.807, 2.05) is 0 Å². The van der Waals surface area contributed by atoms with Crippen LogP contribution in [0.2, 0.25) is 0 Å². The highest BCUT2D eigenvalue weighted by Gasteiger charge is 2.16. The molecule has 0 saturated carbocycles. The number of nitrogens with one attached hydrogen (secondary N) is 1. The van der Waals surface area contributed by atoms with Crippen molar-refractivity contribution in [3.63, 3.8) is 0 Å². The van der Waals surface area contributed by atoms with Crippen LogP contribution in [-0.4, -0.2) is 13.1 Å². The standard InChI is InChI=1S/C10H14N2.2BrH/c11-7-10-9-4-2-1-3-8(9)5-6-12-10;;/h1-4,10,12H,5-7,11H2;2*1H/t10-;;/m0../s1. The molecule has 0 saturated heterocycles. The van der Waals surface area contributed by atoms with Crippen molar-refractivity contribution in [2.75, 3.05) is 13.1 Å². The van der Waals surface area contributed by atoms with E-state index in [4.69, 9.17) is 5.73 Å². The summed E-state index contributed by atoms with van der Waals surface area (Å²) in [5.74, 6) is 0. The summed E-state index contributed by atoms with van der Waals surface area (Å²) in [6.45, 7) is 1.75. The molecule has 4 heteroatoms. The van der Waals surface area contributed by atoms with Gasteiger partial charge in [0.15, 0.2) is 0 Å². The summed E-state index contributed by atoms with van der Waals surface area (Å²) in [7, 11) is 0. The molecule has 1 aromatic rings. The van der Waals surface area contributed by atoms with Crippen LogP contribution in [-0.2, 0) is 6.42 Å². The number of rotatable bonds is 1. The highest BCUT2D eigenvalue weighted by atomic mass is 79.9. The van der Waals surface area contributed by atoms with Gasteiger partial charge in [-0.2, -0.15) is 0 Å². The van der Waals surface area contributed by atoms with Gasteiger partial charge in [0.05, 0.1) is 0 Å². The Bertz CT molecular complexity index is 279. The van der Waals surface area contributed by atoms with Crippen LogP contribution in [0.15, 0.2) is 24.3 Å². The first kappa shape index (κ1) is 14.1. The van der Waals surface area contributed by atoms with Crippen molar-refractivity contribution in [3.8, 4) is 0 Å². The molecule has 1 aliphatic heterocycles. The zero-order valence-corrected chi connectivity index (χ0v) is 11.3. The lowest BCUT2D eigenvalue weighted by Gasteiger charge is -2.25. The molecule has 2 rings (SSSR count). The SMILES string of the molecule is Br.Br.NC[C@@H]1NCCc2ccccc21. The lowest BCUT2D eigenvalue weighted by molar-refractivity contribution is 0.513. The van der Waals surface area contributed by atoms with Crippen molar-refractivity contribution in [2.45, 2.75) is 12.5 Å². The number of halogens is 2. The topological polar surface area (TPSA) is 38.0 Å². The molecule has 0 amide bonds. The van der Waals surface area contributed by atoms with E-state index in [0.29, 0.717) is 12.6 Å². The van der Waals surface area contributed by atoms with Gasteiger partial charge in [0.2, 0.25) is 0 Å². The Balaban J connectivity index is 0.000000845. The average Bonchev–Trinajstić information content (AvgIpc) is 2.17. The molecule has 0 spiro atoms. The summed E-state index contributed by atoms with van der Waals surface area (Å²) in [6, 6.07) is 8.90. The van der Waals surface area contributed by atoms with E-state index in [1.165, 1.54) is 11.1 Å². The quantitative estimate of drug-likeness (QED) is 0.829. The van der Waals surface area contributed by atoms with E-state index in [9.17, 15) is 0 Å². The van der Waals surface area contributed by atoms with Crippen LogP contribution in [0.4, 0.5) is 0 Å². The molecule has 0 aliphatic carbocycles. The Morgan fingerprint density at radius 2 is 2.00 bits per heavy atom. The van der Waals surface area contributed by atoms with Gasteiger partial charge in [-0.25, -0.2) is 0 Å². The van der Waals surface area contributed by atoms with Crippen LogP contribution >= 0.6 is 34.0 Å². The van der Waals surface area contributed by atoms with Crippen molar-refractivity contribution >= 4 is 34.0 Å². The van der Waals surface area contributed by atoms with Gasteiger partial charge in [-0.1, -0.05) is 24.3 Å². The Labute approximate surface area is 106 Å². The Morgan fingerprint density at radius 3 is 2.71 bits per heavy atom. The molecule has 0 radical (unpaired) electrons. The van der Waals surface area contributed by atoms with E-state index in [2.05, 4.69) is 29.6 Å². The van der Waals surface area contributed by atoms with Crippen LogP contribution < -0.4 is 11.1 Å². The maximum absolute atomic E-state index is 5.66. The van der Waals surface area contributed by atoms with Gasteiger partial charge in [-0.15, -0.1) is 34.0 Å². The number of benzene rings is 1. The molecule has 0 unspecified atom stereocenters. The van der Waals surface area contributed by atoms with Crippen molar-refractivity contribution in [3.05, 3.63) is 35.4 Å². The molecule has 0 fully saturated rings. The van der Waals surface area contributed by atoms with Crippen LogP contribution in [0.1, 0.15) is 17.2 Å². The highest BCUT2D eigenvalue weighted by molar-refractivity contribution is 8.93. The first-order valence-corrected chi connectivity index (χ1v) is 4.43. The third-order valence-corrected chi connectivity index (χ3v) is 2.45. The lowest BCUT2D eigenvalue weighted by Crippen LogP contribution is -2.34. The summed E-state index contributed by atoms with van der Waals surface area (Å²) in [6.07, 6.45) is 1.13. The van der Waals surface area contributed by atoms with E-state index in [-0.39, 0.29) is 34.0 Å². The minimum absolute atomic E-state index is 0. The predicted molar refractivity (Wildman–Crippen MR) is 70.6 cm³/mol.